The molecule has 3 nitrogen and oxygen atoms in total. The van der Waals surface area contributed by atoms with Gasteiger partial charge in [-0.2, -0.15) is 0 Å². The number of aromatic nitrogens is 2. The molecule has 0 saturated heterocycles. The highest BCUT2D eigenvalue weighted by Crippen LogP contribution is 2.49. The number of halogens is 1. The summed E-state index contributed by atoms with van der Waals surface area (Å²) in [6.07, 6.45) is 8.04. The van der Waals surface area contributed by atoms with E-state index in [1.165, 1.54) is 12.8 Å². The summed E-state index contributed by atoms with van der Waals surface area (Å²) in [4.78, 5) is 4.10. The molecule has 1 heterocycles. The van der Waals surface area contributed by atoms with E-state index in [1.54, 1.807) is 12.5 Å². The van der Waals surface area contributed by atoms with Gasteiger partial charge in [0.05, 0.1) is 22.7 Å². The van der Waals surface area contributed by atoms with Crippen molar-refractivity contribution in [3.05, 3.63) is 41.9 Å². The van der Waals surface area contributed by atoms with Gasteiger partial charge in [-0.3, -0.25) is 0 Å². The summed E-state index contributed by atoms with van der Waals surface area (Å²) in [5.41, 5.74) is 2.46. The van der Waals surface area contributed by atoms with E-state index in [1.807, 2.05) is 22.9 Å². The first-order valence-electron chi connectivity index (χ1n) is 6.63. The molecule has 1 fully saturated rings. The number of nitrogens with one attached hydrogen (secondary N) is 1. The Labute approximate surface area is 118 Å². The van der Waals surface area contributed by atoms with E-state index >= 15 is 0 Å². The fraction of sp³-hybridized carbons (Fsp3) is 0.400. The van der Waals surface area contributed by atoms with Gasteiger partial charge >= 0.3 is 0 Å². The molecule has 0 amide bonds. The molecule has 0 radical (unpaired) electrons. The van der Waals surface area contributed by atoms with Crippen molar-refractivity contribution in [3.8, 4) is 5.69 Å². The predicted octanol–water partition coefficient (Wildman–Crippen LogP) is 4.13. The third-order valence-electron chi connectivity index (χ3n) is 4.21. The lowest BCUT2D eigenvalue weighted by Gasteiger charge is -2.24. The van der Waals surface area contributed by atoms with Gasteiger partial charge in [0.25, 0.3) is 0 Å². The molecule has 1 aromatic heterocycles. The minimum Gasteiger partial charge on any atom is -0.380 e. The first-order valence-corrected chi connectivity index (χ1v) is 7.01. The van der Waals surface area contributed by atoms with E-state index in [-0.39, 0.29) is 0 Å². The topological polar surface area (TPSA) is 29.9 Å². The molecule has 1 saturated carbocycles. The second kappa shape index (κ2) is 4.57. The van der Waals surface area contributed by atoms with Gasteiger partial charge in [0, 0.05) is 18.4 Å². The van der Waals surface area contributed by atoms with Crippen molar-refractivity contribution >= 4 is 17.3 Å². The summed E-state index contributed by atoms with van der Waals surface area (Å²) in [6, 6.07) is 6.40. The van der Waals surface area contributed by atoms with Crippen LogP contribution in [0.25, 0.3) is 5.69 Å². The van der Waals surface area contributed by atoms with Crippen LogP contribution in [0.2, 0.25) is 5.02 Å². The lowest BCUT2D eigenvalue weighted by atomic mass is 10.0. The molecule has 0 bridgehead atoms. The fourth-order valence-electron chi connectivity index (χ4n) is 2.32. The number of hydrogen-bond donors (Lipinski definition) is 1. The summed E-state index contributed by atoms with van der Waals surface area (Å²) in [5, 5.41) is 4.34. The largest absolute Gasteiger partial charge is 0.380 e. The zero-order valence-electron chi connectivity index (χ0n) is 11.2. The van der Waals surface area contributed by atoms with Crippen molar-refractivity contribution in [1.82, 2.24) is 9.55 Å². The lowest BCUT2D eigenvalue weighted by molar-refractivity contribution is 0.493. The summed E-state index contributed by atoms with van der Waals surface area (Å²) in [5.74, 6) is 0. The summed E-state index contributed by atoms with van der Waals surface area (Å²) in [7, 11) is 0. The quantitative estimate of drug-likeness (QED) is 0.909. The number of benzene rings is 1. The minimum atomic E-state index is 0.425. The second-order valence-corrected chi connectivity index (χ2v) is 6.03. The van der Waals surface area contributed by atoms with Gasteiger partial charge in [0.1, 0.15) is 0 Å². The van der Waals surface area contributed by atoms with Crippen LogP contribution in [0.4, 0.5) is 5.69 Å². The van der Waals surface area contributed by atoms with E-state index in [9.17, 15) is 0 Å². The Morgan fingerprint density at radius 3 is 2.84 bits per heavy atom. The van der Waals surface area contributed by atoms with Crippen LogP contribution in [0.15, 0.2) is 36.9 Å². The summed E-state index contributed by atoms with van der Waals surface area (Å²) in [6.45, 7) is 4.57. The standard InChI is InChI=1S/C15H18ClN3/c1-11(15(2)6-7-15)18-13-5-3-4-12(16)14(13)19-9-8-17-10-19/h3-5,8-11,18H,6-7H2,1-2H3. The molecule has 3 rings (SSSR count). The zero-order chi connectivity index (χ0) is 13.5. The fourth-order valence-corrected chi connectivity index (χ4v) is 2.60. The number of anilines is 1. The number of para-hydroxylation sites is 1. The van der Waals surface area contributed by atoms with Gasteiger partial charge in [-0.05, 0) is 37.3 Å². The normalized spacial score (nSPS) is 18.1. The van der Waals surface area contributed by atoms with Gasteiger partial charge in [-0.15, -0.1) is 0 Å². The average molecular weight is 276 g/mol. The second-order valence-electron chi connectivity index (χ2n) is 5.63. The lowest BCUT2D eigenvalue weighted by Crippen LogP contribution is -2.25. The van der Waals surface area contributed by atoms with Crippen LogP contribution in [-0.2, 0) is 0 Å². The van der Waals surface area contributed by atoms with Gasteiger partial charge in [0.2, 0.25) is 0 Å². The van der Waals surface area contributed by atoms with Gasteiger partial charge in [-0.25, -0.2) is 4.98 Å². The summed E-state index contributed by atoms with van der Waals surface area (Å²) >= 11 is 6.35. The van der Waals surface area contributed by atoms with Crippen molar-refractivity contribution in [2.75, 3.05) is 5.32 Å². The average Bonchev–Trinajstić information content (AvgIpc) is 2.91. The van der Waals surface area contributed by atoms with Crippen LogP contribution in [-0.4, -0.2) is 15.6 Å². The third-order valence-corrected chi connectivity index (χ3v) is 4.51. The van der Waals surface area contributed by atoms with E-state index in [0.717, 1.165) is 16.4 Å². The monoisotopic (exact) mass is 275 g/mol. The highest BCUT2D eigenvalue weighted by atomic mass is 35.5. The van der Waals surface area contributed by atoms with Gasteiger partial charge in [-0.1, -0.05) is 24.6 Å². The van der Waals surface area contributed by atoms with Crippen LogP contribution >= 0.6 is 11.6 Å². The SMILES string of the molecule is CC(Nc1cccc(Cl)c1-n1ccnc1)C1(C)CC1. The number of imidazole rings is 1. The zero-order valence-corrected chi connectivity index (χ0v) is 12.0. The Morgan fingerprint density at radius 1 is 1.42 bits per heavy atom. The minimum absolute atomic E-state index is 0.425. The molecule has 4 heteroatoms. The molecular formula is C15H18ClN3. The van der Waals surface area contributed by atoms with Crippen molar-refractivity contribution in [2.45, 2.75) is 32.7 Å². The highest BCUT2D eigenvalue weighted by molar-refractivity contribution is 6.33. The Bertz CT molecular complexity index is 573. The van der Waals surface area contributed by atoms with E-state index < -0.39 is 0 Å². The molecule has 1 unspecified atom stereocenters. The van der Waals surface area contributed by atoms with Crippen LogP contribution in [0.5, 0.6) is 0 Å². The molecule has 19 heavy (non-hydrogen) atoms. The molecular weight excluding hydrogens is 258 g/mol. The molecule has 1 atom stereocenters. The van der Waals surface area contributed by atoms with Crippen LogP contribution in [0.1, 0.15) is 26.7 Å². The third kappa shape index (κ3) is 2.35. The van der Waals surface area contributed by atoms with Gasteiger partial charge < -0.3 is 9.88 Å². The maximum Gasteiger partial charge on any atom is 0.0992 e. The van der Waals surface area contributed by atoms with Crippen molar-refractivity contribution in [3.63, 3.8) is 0 Å². The number of nitrogens with zero attached hydrogens (tertiary/aromatic N) is 2. The van der Waals surface area contributed by atoms with Crippen LogP contribution in [0.3, 0.4) is 0 Å². The maximum atomic E-state index is 6.35. The Balaban J connectivity index is 1.95. The first-order chi connectivity index (χ1) is 9.10. The van der Waals surface area contributed by atoms with Crippen molar-refractivity contribution in [1.29, 1.82) is 0 Å². The van der Waals surface area contributed by atoms with Crippen LogP contribution < -0.4 is 5.32 Å². The Hall–Kier alpha value is -1.48. The molecule has 2 aromatic rings. The van der Waals surface area contributed by atoms with E-state index in [2.05, 4.69) is 30.2 Å². The summed E-state index contributed by atoms with van der Waals surface area (Å²) < 4.78 is 1.95. The molecule has 1 aliphatic rings. The molecule has 1 aromatic carbocycles. The first kappa shape index (κ1) is 12.5. The number of hydrogen-bond acceptors (Lipinski definition) is 2. The van der Waals surface area contributed by atoms with Crippen LogP contribution in [0, 0.1) is 5.41 Å². The maximum absolute atomic E-state index is 6.35. The van der Waals surface area contributed by atoms with Gasteiger partial charge in [0.15, 0.2) is 0 Å². The Kier molecular flexibility index (Phi) is 3.02. The highest BCUT2D eigenvalue weighted by Gasteiger charge is 2.42. The smallest absolute Gasteiger partial charge is 0.0992 e. The van der Waals surface area contributed by atoms with E-state index in [4.69, 9.17) is 11.6 Å². The number of rotatable bonds is 4. The van der Waals surface area contributed by atoms with Crippen molar-refractivity contribution < 1.29 is 0 Å². The molecule has 1 aliphatic carbocycles. The molecule has 0 spiro atoms. The molecule has 100 valence electrons. The predicted molar refractivity (Wildman–Crippen MR) is 79.0 cm³/mol. The Morgan fingerprint density at radius 2 is 2.21 bits per heavy atom. The van der Waals surface area contributed by atoms with E-state index in [0.29, 0.717) is 11.5 Å². The molecule has 0 aliphatic heterocycles. The van der Waals surface area contributed by atoms with Crippen molar-refractivity contribution in [2.24, 2.45) is 5.41 Å². The molecule has 1 N–H and O–H groups in total.